The second-order valence-electron chi connectivity index (χ2n) is 6.65. The fourth-order valence-corrected chi connectivity index (χ4v) is 3.83. The number of aromatic amines is 1. The van der Waals surface area contributed by atoms with Crippen LogP contribution in [0.2, 0.25) is 5.02 Å². The number of anilines is 4. The summed E-state index contributed by atoms with van der Waals surface area (Å²) in [5, 5.41) is 13.5. The summed E-state index contributed by atoms with van der Waals surface area (Å²) in [5.74, 6) is 1.12. The Kier molecular flexibility index (Phi) is 5.33. The number of imidazole rings is 1. The lowest BCUT2D eigenvalue weighted by Crippen LogP contribution is -2.10. The van der Waals surface area contributed by atoms with E-state index in [9.17, 15) is 9.65 Å². The van der Waals surface area contributed by atoms with Gasteiger partial charge in [-0.3, -0.25) is 4.98 Å². The van der Waals surface area contributed by atoms with Crippen LogP contribution >= 0.6 is 27.5 Å². The second-order valence-corrected chi connectivity index (χ2v) is 7.91. The Morgan fingerprint density at radius 1 is 1.23 bits per heavy atom. The van der Waals surface area contributed by atoms with Crippen LogP contribution in [-0.2, 0) is 0 Å². The van der Waals surface area contributed by atoms with Gasteiger partial charge in [-0.05, 0) is 53.2 Å². The predicted molar refractivity (Wildman–Crippen MR) is 120 cm³/mol. The lowest BCUT2D eigenvalue weighted by molar-refractivity contribution is 0.628. The van der Waals surface area contributed by atoms with Crippen LogP contribution in [0.25, 0.3) is 10.9 Å². The van der Waals surface area contributed by atoms with Crippen LogP contribution in [0.5, 0.6) is 0 Å². The van der Waals surface area contributed by atoms with Crippen LogP contribution in [0.1, 0.15) is 11.4 Å². The Hall–Kier alpha value is -3.15. The molecule has 6 nitrogen and oxygen atoms in total. The van der Waals surface area contributed by atoms with E-state index < -0.39 is 5.82 Å². The second kappa shape index (κ2) is 7.94. The zero-order chi connectivity index (χ0) is 21.4. The summed E-state index contributed by atoms with van der Waals surface area (Å²) < 4.78 is 14.3. The maximum Gasteiger partial charge on any atom is 0.141 e. The molecule has 0 radical (unpaired) electrons. The standard InChI is InChI=1S/C21H15BrClFN6/c1-11-26-10-19(28-11)30(2)14-6-15-20(29-13-3-4-18(24)17(23)5-13)12(8-25)9-27-21(15)16(22)7-14/h3-7,9-10H,1-2H3,(H,26,28)(H,27,29). The van der Waals surface area contributed by atoms with Crippen molar-refractivity contribution in [3.63, 3.8) is 0 Å². The molecule has 4 rings (SSSR count). The summed E-state index contributed by atoms with van der Waals surface area (Å²) in [6, 6.07) is 10.3. The number of H-pyrrole nitrogens is 1. The van der Waals surface area contributed by atoms with Crippen molar-refractivity contribution in [2.24, 2.45) is 0 Å². The Labute approximate surface area is 185 Å². The van der Waals surface area contributed by atoms with Crippen molar-refractivity contribution in [3.8, 4) is 6.07 Å². The smallest absolute Gasteiger partial charge is 0.141 e. The number of hydrogen-bond donors (Lipinski definition) is 2. The Bertz CT molecular complexity index is 1310. The molecule has 2 N–H and O–H groups in total. The van der Waals surface area contributed by atoms with Crippen molar-refractivity contribution in [2.45, 2.75) is 6.92 Å². The highest BCUT2D eigenvalue weighted by Crippen LogP contribution is 2.37. The van der Waals surface area contributed by atoms with Gasteiger partial charge in [-0.15, -0.1) is 0 Å². The minimum Gasteiger partial charge on any atom is -0.354 e. The number of benzene rings is 2. The van der Waals surface area contributed by atoms with Crippen molar-refractivity contribution in [2.75, 3.05) is 17.3 Å². The molecule has 0 atom stereocenters. The van der Waals surface area contributed by atoms with E-state index in [1.807, 2.05) is 31.0 Å². The first-order chi connectivity index (χ1) is 14.4. The normalized spacial score (nSPS) is 10.8. The topological polar surface area (TPSA) is 80.6 Å². The number of nitrogens with zero attached hydrogens (tertiary/aromatic N) is 4. The quantitative estimate of drug-likeness (QED) is 0.359. The molecule has 30 heavy (non-hydrogen) atoms. The van der Waals surface area contributed by atoms with Gasteiger partial charge in [0.15, 0.2) is 0 Å². The molecule has 2 heterocycles. The summed E-state index contributed by atoms with van der Waals surface area (Å²) in [7, 11) is 1.91. The number of aryl methyl sites for hydroxylation is 1. The average Bonchev–Trinajstić information content (AvgIpc) is 3.16. The van der Waals surface area contributed by atoms with E-state index in [0.717, 1.165) is 27.2 Å². The Balaban J connectivity index is 1.88. The highest BCUT2D eigenvalue weighted by Gasteiger charge is 2.16. The molecular weight excluding hydrogens is 471 g/mol. The molecule has 0 fully saturated rings. The zero-order valence-corrected chi connectivity index (χ0v) is 18.3. The van der Waals surface area contributed by atoms with E-state index in [1.54, 1.807) is 12.3 Å². The average molecular weight is 486 g/mol. The molecule has 0 spiro atoms. The van der Waals surface area contributed by atoms with Crippen molar-refractivity contribution < 1.29 is 4.39 Å². The number of hydrogen-bond acceptors (Lipinski definition) is 5. The lowest BCUT2D eigenvalue weighted by Gasteiger charge is -2.20. The van der Waals surface area contributed by atoms with Crippen LogP contribution in [0, 0.1) is 24.1 Å². The first-order valence-electron chi connectivity index (χ1n) is 8.87. The number of halogens is 3. The van der Waals surface area contributed by atoms with Crippen molar-refractivity contribution >= 4 is 61.3 Å². The van der Waals surface area contributed by atoms with Gasteiger partial charge in [0.05, 0.1) is 28.0 Å². The largest absolute Gasteiger partial charge is 0.354 e. The maximum absolute atomic E-state index is 13.6. The van der Waals surface area contributed by atoms with Crippen LogP contribution in [0.15, 0.2) is 47.2 Å². The van der Waals surface area contributed by atoms with E-state index in [0.29, 0.717) is 22.5 Å². The van der Waals surface area contributed by atoms with E-state index in [1.165, 1.54) is 18.3 Å². The first kappa shape index (κ1) is 20.1. The van der Waals surface area contributed by atoms with Gasteiger partial charge in [0.2, 0.25) is 0 Å². The van der Waals surface area contributed by atoms with Gasteiger partial charge >= 0.3 is 0 Å². The van der Waals surface area contributed by atoms with Gasteiger partial charge in [0.1, 0.15) is 23.5 Å². The fraction of sp³-hybridized carbons (Fsp3) is 0.0952. The molecule has 9 heteroatoms. The van der Waals surface area contributed by atoms with Gasteiger partial charge in [-0.2, -0.15) is 5.26 Å². The number of pyridine rings is 1. The van der Waals surface area contributed by atoms with Gasteiger partial charge in [0.25, 0.3) is 0 Å². The third-order valence-electron chi connectivity index (χ3n) is 4.66. The lowest BCUT2D eigenvalue weighted by atomic mass is 10.1. The Morgan fingerprint density at radius 3 is 2.70 bits per heavy atom. The van der Waals surface area contributed by atoms with E-state index >= 15 is 0 Å². The highest BCUT2D eigenvalue weighted by atomic mass is 79.9. The van der Waals surface area contributed by atoms with Crippen LogP contribution < -0.4 is 10.2 Å². The van der Waals surface area contributed by atoms with Gasteiger partial charge in [0, 0.05) is 34.5 Å². The first-order valence-corrected chi connectivity index (χ1v) is 10.0. The molecule has 0 saturated heterocycles. The van der Waals surface area contributed by atoms with Gasteiger partial charge < -0.3 is 15.2 Å². The molecule has 0 aliphatic carbocycles. The molecule has 0 unspecified atom stereocenters. The molecular formula is C21H15BrClFN6. The number of aromatic nitrogens is 3. The summed E-state index contributed by atoms with van der Waals surface area (Å²) >= 11 is 9.50. The van der Waals surface area contributed by atoms with Gasteiger partial charge in [-0.1, -0.05) is 11.6 Å². The Morgan fingerprint density at radius 2 is 2.03 bits per heavy atom. The molecule has 2 aromatic carbocycles. The van der Waals surface area contributed by atoms with E-state index in [4.69, 9.17) is 11.6 Å². The molecule has 0 aliphatic heterocycles. The van der Waals surface area contributed by atoms with Crippen molar-refractivity contribution in [3.05, 3.63) is 69.4 Å². The number of rotatable bonds is 4. The maximum atomic E-state index is 13.6. The highest BCUT2D eigenvalue weighted by molar-refractivity contribution is 9.10. The molecule has 0 saturated carbocycles. The minimum absolute atomic E-state index is 0.00640. The van der Waals surface area contributed by atoms with Crippen LogP contribution in [0.4, 0.5) is 27.3 Å². The minimum atomic E-state index is -0.510. The SMILES string of the molecule is Cc1ncc(N(C)c2cc(Br)c3ncc(C#N)c(Nc4ccc(F)c(Cl)c4)c3c2)[nH]1. The molecule has 0 bridgehead atoms. The zero-order valence-electron chi connectivity index (χ0n) is 16.0. The predicted octanol–water partition coefficient (Wildman–Crippen LogP) is 6.20. The fourth-order valence-electron chi connectivity index (χ4n) is 3.09. The van der Waals surface area contributed by atoms with Crippen molar-refractivity contribution in [1.82, 2.24) is 15.0 Å². The summed E-state index contributed by atoms with van der Waals surface area (Å²) in [6.07, 6.45) is 3.25. The van der Waals surface area contributed by atoms with Gasteiger partial charge in [-0.25, -0.2) is 9.37 Å². The third kappa shape index (κ3) is 3.70. The summed E-state index contributed by atoms with van der Waals surface area (Å²) in [6.45, 7) is 1.88. The molecule has 4 aromatic rings. The molecule has 0 aliphatic rings. The molecule has 0 amide bonds. The third-order valence-corrected chi connectivity index (χ3v) is 5.55. The van der Waals surface area contributed by atoms with E-state index in [-0.39, 0.29) is 5.02 Å². The number of nitriles is 1. The summed E-state index contributed by atoms with van der Waals surface area (Å²) in [4.78, 5) is 13.8. The van der Waals surface area contributed by atoms with Crippen LogP contribution in [-0.4, -0.2) is 22.0 Å². The van der Waals surface area contributed by atoms with E-state index in [2.05, 4.69) is 42.3 Å². The number of nitrogens with one attached hydrogen (secondary N) is 2. The van der Waals surface area contributed by atoms with Crippen molar-refractivity contribution in [1.29, 1.82) is 5.26 Å². The monoisotopic (exact) mass is 484 g/mol. The summed E-state index contributed by atoms with van der Waals surface area (Å²) in [5.41, 5.74) is 3.01. The molecule has 2 aromatic heterocycles. The van der Waals surface area contributed by atoms with Crippen LogP contribution in [0.3, 0.4) is 0 Å². The molecule has 150 valence electrons. The number of fused-ring (bicyclic) bond motifs is 1.